The van der Waals surface area contributed by atoms with Crippen LogP contribution in [0, 0.1) is 11.7 Å². The first-order valence-corrected chi connectivity index (χ1v) is 6.04. The summed E-state index contributed by atoms with van der Waals surface area (Å²) in [4.78, 5) is 35.5. The summed E-state index contributed by atoms with van der Waals surface area (Å²) in [6, 6.07) is 3.29. The monoisotopic (exact) mass is 300 g/mol. The van der Waals surface area contributed by atoms with Gasteiger partial charge in [0.1, 0.15) is 5.82 Å². The van der Waals surface area contributed by atoms with Gasteiger partial charge in [-0.05, 0) is 18.2 Å². The van der Waals surface area contributed by atoms with Crippen LogP contribution < -0.4 is 0 Å². The molecule has 0 aliphatic carbocycles. The van der Waals surface area contributed by atoms with Gasteiger partial charge in [-0.25, -0.2) is 4.39 Å². The highest BCUT2D eigenvalue weighted by atomic mass is 35.5. The van der Waals surface area contributed by atoms with Crippen LogP contribution in [0.1, 0.15) is 24.2 Å². The zero-order valence-corrected chi connectivity index (χ0v) is 11.4. The molecular formula is C13H10ClFO5. The molecule has 2 rings (SSSR count). The highest BCUT2D eigenvalue weighted by Crippen LogP contribution is 2.26. The summed E-state index contributed by atoms with van der Waals surface area (Å²) in [6.07, 6.45) is 0. The first-order valence-electron chi connectivity index (χ1n) is 5.66. The van der Waals surface area contributed by atoms with E-state index in [0.717, 1.165) is 12.1 Å². The zero-order valence-electron chi connectivity index (χ0n) is 10.6. The molecule has 7 heteroatoms. The van der Waals surface area contributed by atoms with Crippen LogP contribution in [0.15, 0.2) is 18.2 Å². The van der Waals surface area contributed by atoms with Gasteiger partial charge in [-0.3, -0.25) is 14.4 Å². The highest BCUT2D eigenvalue weighted by molar-refractivity contribution is 6.30. The Morgan fingerprint density at radius 2 is 1.80 bits per heavy atom. The third kappa shape index (κ3) is 2.65. The standard InChI is InChI=1S/C13H10ClFO5/c1-13(2)19-11(17)9(12(18)20-13)10(16)7-4-3-6(14)5-8(7)15/h3-5,9H,1-2H3. The number of halogens is 2. The molecule has 1 aromatic rings. The van der Waals surface area contributed by atoms with E-state index in [1.54, 1.807) is 0 Å². The number of ether oxygens (including phenoxy) is 2. The van der Waals surface area contributed by atoms with Crippen LogP contribution in [-0.2, 0) is 19.1 Å². The molecule has 1 aliphatic heterocycles. The van der Waals surface area contributed by atoms with Crippen molar-refractivity contribution >= 4 is 29.3 Å². The summed E-state index contributed by atoms with van der Waals surface area (Å²) in [5, 5.41) is 0.0916. The lowest BCUT2D eigenvalue weighted by Crippen LogP contribution is -2.49. The first kappa shape index (κ1) is 14.5. The molecule has 0 atom stereocenters. The van der Waals surface area contributed by atoms with E-state index in [9.17, 15) is 18.8 Å². The number of hydrogen-bond donors (Lipinski definition) is 0. The van der Waals surface area contributed by atoms with E-state index < -0.39 is 40.8 Å². The van der Waals surface area contributed by atoms with Crippen LogP contribution in [-0.4, -0.2) is 23.5 Å². The van der Waals surface area contributed by atoms with Crippen molar-refractivity contribution in [3.63, 3.8) is 0 Å². The van der Waals surface area contributed by atoms with Crippen LogP contribution in [0.4, 0.5) is 4.39 Å². The van der Waals surface area contributed by atoms with E-state index in [1.165, 1.54) is 19.9 Å². The van der Waals surface area contributed by atoms with Gasteiger partial charge in [0.2, 0.25) is 5.92 Å². The third-order valence-corrected chi connectivity index (χ3v) is 2.86. The fraction of sp³-hybridized carbons (Fsp3) is 0.308. The van der Waals surface area contributed by atoms with Crippen LogP contribution in [0.5, 0.6) is 0 Å². The van der Waals surface area contributed by atoms with Gasteiger partial charge in [0.05, 0.1) is 5.56 Å². The fourth-order valence-electron chi connectivity index (χ4n) is 1.78. The van der Waals surface area contributed by atoms with Gasteiger partial charge >= 0.3 is 11.9 Å². The Bertz CT molecular complexity index is 591. The van der Waals surface area contributed by atoms with Crippen molar-refractivity contribution in [3.05, 3.63) is 34.6 Å². The minimum atomic E-state index is -1.82. The molecule has 1 aliphatic rings. The summed E-state index contributed by atoms with van der Waals surface area (Å²) < 4.78 is 23.3. The van der Waals surface area contributed by atoms with Crippen LogP contribution in [0.25, 0.3) is 0 Å². The highest BCUT2D eigenvalue weighted by Gasteiger charge is 2.47. The molecule has 20 heavy (non-hydrogen) atoms. The Morgan fingerprint density at radius 3 is 2.30 bits per heavy atom. The van der Waals surface area contributed by atoms with Crippen molar-refractivity contribution in [1.29, 1.82) is 0 Å². The molecule has 0 amide bonds. The lowest BCUT2D eigenvalue weighted by Gasteiger charge is -2.32. The normalized spacial score (nSPS) is 18.4. The average Bonchev–Trinajstić information content (AvgIpc) is 2.25. The van der Waals surface area contributed by atoms with Gasteiger partial charge in [-0.1, -0.05) is 11.6 Å². The van der Waals surface area contributed by atoms with Gasteiger partial charge < -0.3 is 9.47 Å². The molecule has 0 aromatic heterocycles. The Labute approximate surface area is 118 Å². The molecule has 0 unspecified atom stereocenters. The molecule has 1 heterocycles. The van der Waals surface area contributed by atoms with E-state index in [2.05, 4.69) is 0 Å². The minimum absolute atomic E-state index is 0.0916. The summed E-state index contributed by atoms with van der Waals surface area (Å²) >= 11 is 5.57. The summed E-state index contributed by atoms with van der Waals surface area (Å²) in [7, 11) is 0. The second-order valence-electron chi connectivity index (χ2n) is 4.66. The number of cyclic esters (lactones) is 2. The molecule has 0 saturated carbocycles. The van der Waals surface area contributed by atoms with Crippen molar-refractivity contribution in [2.24, 2.45) is 5.92 Å². The maximum Gasteiger partial charge on any atom is 0.331 e. The average molecular weight is 301 g/mol. The number of esters is 2. The van der Waals surface area contributed by atoms with Crippen molar-refractivity contribution < 1.29 is 28.2 Å². The number of ketones is 1. The molecule has 0 spiro atoms. The molecule has 0 bridgehead atoms. The third-order valence-electron chi connectivity index (χ3n) is 2.62. The molecule has 1 saturated heterocycles. The topological polar surface area (TPSA) is 69.7 Å². The molecule has 106 valence electrons. The largest absolute Gasteiger partial charge is 0.422 e. The molecule has 1 fully saturated rings. The molecule has 0 radical (unpaired) electrons. The van der Waals surface area contributed by atoms with Crippen LogP contribution in [0.3, 0.4) is 0 Å². The van der Waals surface area contributed by atoms with Crippen molar-refractivity contribution in [2.45, 2.75) is 19.6 Å². The second kappa shape index (κ2) is 4.86. The van der Waals surface area contributed by atoms with Gasteiger partial charge in [0.25, 0.3) is 5.79 Å². The van der Waals surface area contributed by atoms with Gasteiger partial charge in [0.15, 0.2) is 5.78 Å². The number of Topliss-reactive ketones (excluding diaryl/α,β-unsaturated/α-hetero) is 1. The number of carbonyl (C=O) groups is 3. The first-order chi connectivity index (χ1) is 9.21. The van der Waals surface area contributed by atoms with E-state index in [-0.39, 0.29) is 5.02 Å². The van der Waals surface area contributed by atoms with E-state index in [1.807, 2.05) is 0 Å². The minimum Gasteiger partial charge on any atom is -0.422 e. The smallest absolute Gasteiger partial charge is 0.331 e. The van der Waals surface area contributed by atoms with Gasteiger partial charge in [-0.2, -0.15) is 0 Å². The Hall–Kier alpha value is -1.95. The quantitative estimate of drug-likeness (QED) is 0.475. The van der Waals surface area contributed by atoms with Crippen LogP contribution >= 0.6 is 11.6 Å². The van der Waals surface area contributed by atoms with Crippen molar-refractivity contribution in [1.82, 2.24) is 0 Å². The predicted octanol–water partition coefficient (Wildman–Crippen LogP) is 2.11. The number of carbonyl (C=O) groups excluding carboxylic acids is 3. The lowest BCUT2D eigenvalue weighted by molar-refractivity contribution is -0.236. The molecular weight excluding hydrogens is 291 g/mol. The van der Waals surface area contributed by atoms with E-state index >= 15 is 0 Å². The molecule has 1 aromatic carbocycles. The number of hydrogen-bond acceptors (Lipinski definition) is 5. The second-order valence-corrected chi connectivity index (χ2v) is 5.10. The molecule has 0 N–H and O–H groups in total. The number of rotatable bonds is 2. The Balaban J connectivity index is 2.34. The van der Waals surface area contributed by atoms with Crippen molar-refractivity contribution in [3.8, 4) is 0 Å². The maximum atomic E-state index is 13.7. The van der Waals surface area contributed by atoms with Crippen LogP contribution in [0.2, 0.25) is 5.02 Å². The van der Waals surface area contributed by atoms with Crippen molar-refractivity contribution in [2.75, 3.05) is 0 Å². The van der Waals surface area contributed by atoms with E-state index in [0.29, 0.717) is 0 Å². The molecule has 5 nitrogen and oxygen atoms in total. The zero-order chi connectivity index (χ0) is 15.1. The maximum absolute atomic E-state index is 13.7. The summed E-state index contributed by atoms with van der Waals surface area (Å²) in [6.45, 7) is 2.71. The van der Waals surface area contributed by atoms with E-state index in [4.69, 9.17) is 21.1 Å². The summed E-state index contributed by atoms with van der Waals surface area (Å²) in [5.41, 5.74) is -0.423. The summed E-state index contributed by atoms with van der Waals surface area (Å²) in [5.74, 6) is -7.34. The predicted molar refractivity (Wildman–Crippen MR) is 65.5 cm³/mol. The fourth-order valence-corrected chi connectivity index (χ4v) is 1.94. The Kier molecular flexibility index (Phi) is 3.52. The number of benzene rings is 1. The van der Waals surface area contributed by atoms with Gasteiger partial charge in [0, 0.05) is 18.9 Å². The SMILES string of the molecule is CC1(C)OC(=O)C(C(=O)c2ccc(Cl)cc2F)C(=O)O1. The lowest BCUT2D eigenvalue weighted by atomic mass is 9.96. The Morgan fingerprint density at radius 1 is 1.25 bits per heavy atom. The van der Waals surface area contributed by atoms with Gasteiger partial charge in [-0.15, -0.1) is 0 Å².